The summed E-state index contributed by atoms with van der Waals surface area (Å²) in [7, 11) is 3.26. The molecule has 0 radical (unpaired) electrons. The second-order valence-corrected chi connectivity index (χ2v) is 10.7. The van der Waals surface area contributed by atoms with E-state index in [0.717, 1.165) is 35.7 Å². The number of hydrogen-bond donors (Lipinski definition) is 0. The molecule has 5 rings (SSSR count). The first-order valence-electron chi connectivity index (χ1n) is 13.7. The monoisotopic (exact) mass is 614 g/mol. The average Bonchev–Trinajstić information content (AvgIpc) is 3.27. The lowest BCUT2D eigenvalue weighted by molar-refractivity contribution is -0.143. The van der Waals surface area contributed by atoms with Gasteiger partial charge in [0, 0.05) is 41.8 Å². The van der Waals surface area contributed by atoms with Crippen molar-refractivity contribution in [2.75, 3.05) is 47.1 Å². The van der Waals surface area contributed by atoms with Crippen LogP contribution in [0.5, 0.6) is 5.75 Å². The topological polar surface area (TPSA) is 77.5 Å². The summed E-state index contributed by atoms with van der Waals surface area (Å²) in [6.45, 7) is 4.88. The molecule has 0 bridgehead atoms. The van der Waals surface area contributed by atoms with Crippen LogP contribution in [0.15, 0.2) is 83.8 Å². The van der Waals surface area contributed by atoms with Crippen molar-refractivity contribution in [2.24, 2.45) is 5.92 Å². The molecule has 2 heterocycles. The van der Waals surface area contributed by atoms with Gasteiger partial charge in [-0.25, -0.2) is 0 Å². The van der Waals surface area contributed by atoms with Gasteiger partial charge in [-0.2, -0.15) is 0 Å². The number of amides is 1. The summed E-state index contributed by atoms with van der Waals surface area (Å²) in [5, 5.41) is 0.565. The van der Waals surface area contributed by atoms with Crippen molar-refractivity contribution in [3.05, 3.63) is 99.9 Å². The Morgan fingerprint density at radius 2 is 1.79 bits per heavy atom. The van der Waals surface area contributed by atoms with Gasteiger partial charge in [0.1, 0.15) is 18.1 Å². The normalized spacial score (nSPS) is 21.8. The number of halogens is 2. The molecule has 3 unspecified atom stereocenters. The molecule has 1 fully saturated rings. The predicted molar refractivity (Wildman–Crippen MR) is 163 cm³/mol. The van der Waals surface area contributed by atoms with Crippen molar-refractivity contribution < 1.29 is 28.5 Å². The Morgan fingerprint density at radius 1 is 1.05 bits per heavy atom. The van der Waals surface area contributed by atoms with Gasteiger partial charge in [0.15, 0.2) is 0 Å². The minimum Gasteiger partial charge on any atom is -0.497 e. The molecule has 0 N–H and O–H groups in total. The number of carbonyl (C=O) groups excluding carboxylic acids is 2. The van der Waals surface area contributed by atoms with E-state index in [4.69, 9.17) is 30.5 Å². The van der Waals surface area contributed by atoms with Crippen molar-refractivity contribution in [3.8, 4) is 5.75 Å². The van der Waals surface area contributed by atoms with Crippen molar-refractivity contribution in [1.82, 2.24) is 9.80 Å². The third-order valence-corrected chi connectivity index (χ3v) is 8.14. The average molecular weight is 616 g/mol. The molecule has 0 spiro atoms. The molecule has 2 aliphatic heterocycles. The van der Waals surface area contributed by atoms with Crippen LogP contribution in [0.25, 0.3) is 0 Å². The number of benzene rings is 2. The number of hydrogen-bond acceptors (Lipinski definition) is 7. The molecule has 224 valence electrons. The van der Waals surface area contributed by atoms with Gasteiger partial charge in [-0.15, -0.1) is 12.4 Å². The summed E-state index contributed by atoms with van der Waals surface area (Å²) in [6.07, 6.45) is 5.84. The third kappa shape index (κ3) is 7.01. The Morgan fingerprint density at radius 3 is 2.48 bits per heavy atom. The summed E-state index contributed by atoms with van der Waals surface area (Å²) in [5.41, 5.74) is 3.23. The fraction of sp³-hybridized carbons (Fsp3) is 0.375. The maximum absolute atomic E-state index is 13.5. The lowest BCUT2D eigenvalue weighted by Gasteiger charge is -2.33. The van der Waals surface area contributed by atoms with E-state index in [2.05, 4.69) is 4.90 Å². The quantitative estimate of drug-likeness (QED) is 0.341. The Kier molecular flexibility index (Phi) is 10.7. The Labute approximate surface area is 257 Å². The van der Waals surface area contributed by atoms with Crippen LogP contribution >= 0.6 is 24.0 Å². The Bertz CT molecular complexity index is 1360. The van der Waals surface area contributed by atoms with Crippen LogP contribution in [0, 0.1) is 5.92 Å². The van der Waals surface area contributed by atoms with E-state index < -0.39 is 0 Å². The van der Waals surface area contributed by atoms with E-state index in [9.17, 15) is 9.59 Å². The number of fused-ring (bicyclic) bond motifs is 1. The molecule has 10 heteroatoms. The molecule has 3 atom stereocenters. The lowest BCUT2D eigenvalue weighted by Crippen LogP contribution is -2.40. The van der Waals surface area contributed by atoms with Crippen LogP contribution in [0.4, 0.5) is 0 Å². The molecule has 42 heavy (non-hydrogen) atoms. The van der Waals surface area contributed by atoms with Gasteiger partial charge in [-0.05, 0) is 66.6 Å². The van der Waals surface area contributed by atoms with Gasteiger partial charge in [0.25, 0.3) is 5.91 Å². The lowest BCUT2D eigenvalue weighted by atomic mass is 9.88. The summed E-state index contributed by atoms with van der Waals surface area (Å²) in [6, 6.07) is 14.5. The van der Waals surface area contributed by atoms with Gasteiger partial charge >= 0.3 is 5.97 Å². The van der Waals surface area contributed by atoms with E-state index in [1.807, 2.05) is 49.4 Å². The highest BCUT2D eigenvalue weighted by Gasteiger charge is 2.42. The number of allylic oxidation sites excluding steroid dienone is 2. The van der Waals surface area contributed by atoms with Crippen LogP contribution in [0.2, 0.25) is 5.02 Å². The van der Waals surface area contributed by atoms with Crippen LogP contribution < -0.4 is 4.74 Å². The highest BCUT2D eigenvalue weighted by molar-refractivity contribution is 6.30. The van der Waals surface area contributed by atoms with Crippen LogP contribution in [0.3, 0.4) is 0 Å². The summed E-state index contributed by atoms with van der Waals surface area (Å²) in [5.74, 6) is 0.867. The van der Waals surface area contributed by atoms with Crippen LogP contribution in [-0.2, 0) is 19.0 Å². The summed E-state index contributed by atoms with van der Waals surface area (Å²) in [4.78, 5) is 30.6. The van der Waals surface area contributed by atoms with Gasteiger partial charge in [0.05, 0.1) is 39.4 Å². The highest BCUT2D eigenvalue weighted by atomic mass is 35.5. The molecule has 2 aromatic carbocycles. The molecule has 2 aromatic rings. The molecule has 8 nitrogen and oxygen atoms in total. The molecule has 0 saturated carbocycles. The highest BCUT2D eigenvalue weighted by Crippen LogP contribution is 2.41. The molecule has 1 saturated heterocycles. The van der Waals surface area contributed by atoms with E-state index in [1.54, 1.807) is 43.4 Å². The summed E-state index contributed by atoms with van der Waals surface area (Å²) < 4.78 is 22.4. The first-order chi connectivity index (χ1) is 19.9. The maximum atomic E-state index is 13.5. The predicted octanol–water partition coefficient (Wildman–Crippen LogP) is 5.59. The zero-order chi connectivity index (χ0) is 28.9. The SMILES string of the molecule is COC1=CC2C(CC(=O)OCCN3CCOC(c4ccc(OC)cc4)C3)=C(C)N(C(=O)c3ccc(Cl)cc3)C2C=C1.Cl. The zero-order valence-corrected chi connectivity index (χ0v) is 25.5. The van der Waals surface area contributed by atoms with Gasteiger partial charge < -0.3 is 23.8 Å². The molecule has 3 aliphatic rings. The van der Waals surface area contributed by atoms with E-state index in [1.165, 1.54) is 0 Å². The van der Waals surface area contributed by atoms with E-state index in [-0.39, 0.29) is 55.4 Å². The number of nitrogens with zero attached hydrogens (tertiary/aromatic N) is 2. The standard InChI is InChI=1S/C32H35ClN2O6.ClH/c1-21-27(28-18-26(39-3)12-13-29(28)35(21)32(37)23-4-8-24(33)9-5-23)19-31(36)41-17-15-34-14-16-40-30(20-34)22-6-10-25(38-2)11-7-22;/h4-13,18,28-30H,14-17,19-20H2,1-3H3;1H. The molecule has 0 aromatic heterocycles. The van der Waals surface area contributed by atoms with E-state index >= 15 is 0 Å². The number of morpholine rings is 1. The Hall–Kier alpha value is -3.30. The smallest absolute Gasteiger partial charge is 0.310 e. The Balaban J connectivity index is 0.00000405. The summed E-state index contributed by atoms with van der Waals surface area (Å²) >= 11 is 6.03. The van der Waals surface area contributed by atoms with Gasteiger partial charge in [-0.1, -0.05) is 29.8 Å². The minimum absolute atomic E-state index is 0. The minimum atomic E-state index is -0.319. The second-order valence-electron chi connectivity index (χ2n) is 10.3. The second kappa shape index (κ2) is 14.2. The molecular formula is C32H36Cl2N2O6. The van der Waals surface area contributed by atoms with Crippen molar-refractivity contribution in [1.29, 1.82) is 0 Å². The first-order valence-corrected chi connectivity index (χ1v) is 14.1. The van der Waals surface area contributed by atoms with Gasteiger partial charge in [0.2, 0.25) is 0 Å². The van der Waals surface area contributed by atoms with Crippen LogP contribution in [-0.4, -0.2) is 74.8 Å². The largest absolute Gasteiger partial charge is 0.497 e. The number of rotatable bonds is 9. The third-order valence-electron chi connectivity index (χ3n) is 7.89. The van der Waals surface area contributed by atoms with E-state index in [0.29, 0.717) is 29.5 Å². The number of carbonyl (C=O) groups is 2. The first kappa shape index (κ1) is 31.6. The van der Waals surface area contributed by atoms with Crippen molar-refractivity contribution in [3.63, 3.8) is 0 Å². The number of methoxy groups -OCH3 is 2. The molecular weight excluding hydrogens is 579 g/mol. The molecule has 1 amide bonds. The van der Waals surface area contributed by atoms with Gasteiger partial charge in [-0.3, -0.25) is 14.5 Å². The fourth-order valence-electron chi connectivity index (χ4n) is 5.64. The zero-order valence-electron chi connectivity index (χ0n) is 24.0. The van der Waals surface area contributed by atoms with Crippen molar-refractivity contribution in [2.45, 2.75) is 25.5 Å². The number of ether oxygens (including phenoxy) is 4. The van der Waals surface area contributed by atoms with Crippen molar-refractivity contribution >= 4 is 35.9 Å². The van der Waals surface area contributed by atoms with Crippen LogP contribution in [0.1, 0.15) is 35.4 Å². The maximum Gasteiger partial charge on any atom is 0.310 e. The fourth-order valence-corrected chi connectivity index (χ4v) is 5.77. The number of esters is 1. The molecule has 1 aliphatic carbocycles.